The number of methoxy groups -OCH3 is 1. The predicted octanol–water partition coefficient (Wildman–Crippen LogP) is 5.67. The Morgan fingerprint density at radius 2 is 1.78 bits per heavy atom. The summed E-state index contributed by atoms with van der Waals surface area (Å²) in [5, 5.41) is 4.93. The molecule has 1 aromatic heterocycles. The van der Waals surface area contributed by atoms with Crippen molar-refractivity contribution in [3.05, 3.63) is 47.7 Å². The molecule has 1 saturated heterocycles. The van der Waals surface area contributed by atoms with Crippen LogP contribution in [0.25, 0.3) is 17.0 Å². The van der Waals surface area contributed by atoms with Crippen molar-refractivity contribution in [2.45, 2.75) is 82.8 Å². The zero-order valence-corrected chi connectivity index (χ0v) is 32.2. The molecule has 0 radical (unpaired) electrons. The minimum atomic E-state index is -1.78. The average Bonchev–Trinajstić information content (AvgIpc) is 3.06. The number of hydrogen-bond donors (Lipinski definition) is 2. The lowest BCUT2D eigenvalue weighted by molar-refractivity contribution is -0.153. The number of halogens is 3. The fourth-order valence-corrected chi connectivity index (χ4v) is 5.62. The van der Waals surface area contributed by atoms with Gasteiger partial charge in [-0.05, 0) is 57.2 Å². The lowest BCUT2D eigenvalue weighted by Crippen LogP contribution is -2.61. The highest BCUT2D eigenvalue weighted by molar-refractivity contribution is 6.67. The van der Waals surface area contributed by atoms with Crippen molar-refractivity contribution < 1.29 is 38.2 Å². The highest BCUT2D eigenvalue weighted by atomic mass is 35.6. The number of carbonyl (C=O) groups excluding carboxylic acids is 5. The smallest absolute Gasteiger partial charge is 0.325 e. The lowest BCUT2D eigenvalue weighted by atomic mass is 9.79. The van der Waals surface area contributed by atoms with Crippen molar-refractivity contribution in [2.75, 3.05) is 26.9 Å². The first kappa shape index (κ1) is 42.1. The van der Waals surface area contributed by atoms with Gasteiger partial charge in [-0.2, -0.15) is 0 Å². The molecule has 0 unspecified atom stereocenters. The molecule has 2 aromatic rings. The number of ether oxygens (including phenoxy) is 3. The summed E-state index contributed by atoms with van der Waals surface area (Å²) in [6, 6.07) is 7.51. The number of fused-ring (bicyclic) bond motifs is 1. The maximum atomic E-state index is 13.7. The lowest BCUT2D eigenvalue weighted by Gasteiger charge is -2.35. The number of Topliss-reactive ketones (excluding diaryl/α,β-unsaturated/α-hetero) is 1. The van der Waals surface area contributed by atoms with E-state index in [0.29, 0.717) is 24.1 Å². The highest BCUT2D eigenvalue weighted by Crippen LogP contribution is 2.29. The van der Waals surface area contributed by atoms with Gasteiger partial charge in [-0.15, -0.1) is 0 Å². The number of rotatable bonds is 15. The first-order valence-corrected chi connectivity index (χ1v) is 17.9. The fourth-order valence-electron chi connectivity index (χ4n) is 5.46. The summed E-state index contributed by atoms with van der Waals surface area (Å²) < 4.78 is 13.8. The third-order valence-electron chi connectivity index (χ3n) is 8.52. The molecule has 280 valence electrons. The number of ketones is 1. The number of nitrogens with zero attached hydrogens (tertiary/aromatic N) is 2. The molecule has 2 N–H and O–H groups in total. The quantitative estimate of drug-likeness (QED) is 0.171. The normalized spacial score (nSPS) is 17.2. The van der Waals surface area contributed by atoms with E-state index in [-0.39, 0.29) is 31.3 Å². The summed E-state index contributed by atoms with van der Waals surface area (Å²) in [7, 11) is 1.40. The first-order chi connectivity index (χ1) is 23.8. The number of aromatic nitrogens is 1. The van der Waals surface area contributed by atoms with Crippen LogP contribution in [0.4, 0.5) is 0 Å². The Bertz CT molecular complexity index is 1610. The minimum absolute atomic E-state index is 0.0650. The molecule has 0 saturated carbocycles. The van der Waals surface area contributed by atoms with E-state index in [2.05, 4.69) is 15.7 Å². The van der Waals surface area contributed by atoms with Gasteiger partial charge in [0.1, 0.15) is 30.6 Å². The van der Waals surface area contributed by atoms with Crippen molar-refractivity contribution >= 4 is 81.3 Å². The van der Waals surface area contributed by atoms with Crippen LogP contribution in [0, 0.1) is 17.3 Å². The first-order valence-electron chi connectivity index (χ1n) is 16.7. The molecule has 2 heterocycles. The van der Waals surface area contributed by atoms with Crippen LogP contribution in [-0.2, 0) is 38.2 Å². The standard InChI is InChI=1S/C36H47Cl3N4O8/c1-21(2)26(32(46)41-30(19-49-7)33(47)43-16-8-9-28(42-43)34(48)50-20-36(37,38)39)18-31(45)35(5,6)15-14-24-10-11-25-12-13-27(40-29(25)17-24)22(3)51-23(4)44/h10-15,17,21-22,26,28,30,42H,8-9,16,18-20H2,1-7H3,(H,41,46)/b15-14+/t22-,26+,28+,30+/m1/s1. The van der Waals surface area contributed by atoms with E-state index < -0.39 is 63.7 Å². The molecule has 0 spiro atoms. The summed E-state index contributed by atoms with van der Waals surface area (Å²) >= 11 is 17.0. The molecule has 1 fully saturated rings. The van der Waals surface area contributed by atoms with E-state index >= 15 is 0 Å². The zero-order chi connectivity index (χ0) is 38.1. The van der Waals surface area contributed by atoms with E-state index in [9.17, 15) is 24.0 Å². The van der Waals surface area contributed by atoms with Gasteiger partial charge in [-0.25, -0.2) is 10.4 Å². The van der Waals surface area contributed by atoms with Gasteiger partial charge in [0.05, 0.1) is 17.8 Å². The molecular weight excluding hydrogens is 723 g/mol. The Labute approximate surface area is 313 Å². The number of carbonyl (C=O) groups is 5. The van der Waals surface area contributed by atoms with Crippen molar-refractivity contribution in [3.8, 4) is 0 Å². The van der Waals surface area contributed by atoms with Crippen molar-refractivity contribution in [1.29, 1.82) is 0 Å². The summed E-state index contributed by atoms with van der Waals surface area (Å²) in [5.41, 5.74) is 4.07. The van der Waals surface area contributed by atoms with Crippen LogP contribution >= 0.6 is 34.8 Å². The Morgan fingerprint density at radius 1 is 1.10 bits per heavy atom. The Balaban J connectivity index is 1.69. The predicted molar refractivity (Wildman–Crippen MR) is 196 cm³/mol. The molecule has 0 bridgehead atoms. The van der Waals surface area contributed by atoms with E-state index in [1.807, 2.05) is 50.3 Å². The summed E-state index contributed by atoms with van der Waals surface area (Å²) in [6.07, 6.45) is 3.95. The zero-order valence-electron chi connectivity index (χ0n) is 30.0. The Kier molecular flexibility index (Phi) is 15.2. The number of nitrogens with one attached hydrogen (secondary N) is 2. The molecule has 3 rings (SSSR count). The van der Waals surface area contributed by atoms with E-state index in [1.54, 1.807) is 26.8 Å². The van der Waals surface area contributed by atoms with Crippen LogP contribution in [-0.4, -0.2) is 82.3 Å². The molecule has 0 aliphatic carbocycles. The third-order valence-corrected chi connectivity index (χ3v) is 8.84. The number of pyridine rings is 1. The van der Waals surface area contributed by atoms with Crippen LogP contribution in [0.5, 0.6) is 0 Å². The van der Waals surface area contributed by atoms with E-state index in [1.165, 1.54) is 19.0 Å². The summed E-state index contributed by atoms with van der Waals surface area (Å²) in [6.45, 7) is 10.0. The Morgan fingerprint density at radius 3 is 2.41 bits per heavy atom. The van der Waals surface area contributed by atoms with Gasteiger partial charge < -0.3 is 19.5 Å². The fraction of sp³-hybridized carbons (Fsp3) is 0.556. The topological polar surface area (TPSA) is 153 Å². The van der Waals surface area contributed by atoms with Gasteiger partial charge >= 0.3 is 11.9 Å². The van der Waals surface area contributed by atoms with Gasteiger partial charge in [0, 0.05) is 43.7 Å². The number of esters is 2. The number of amides is 2. The maximum absolute atomic E-state index is 13.7. The molecular formula is C36H47Cl3N4O8. The second kappa shape index (κ2) is 18.5. The van der Waals surface area contributed by atoms with Crippen LogP contribution in [0.1, 0.15) is 78.2 Å². The molecule has 12 nitrogen and oxygen atoms in total. The van der Waals surface area contributed by atoms with E-state index in [0.717, 1.165) is 10.9 Å². The second-order valence-corrected chi connectivity index (χ2v) is 16.0. The Hall–Kier alpha value is -3.29. The third kappa shape index (κ3) is 12.7. The monoisotopic (exact) mass is 768 g/mol. The number of hydrazine groups is 1. The summed E-state index contributed by atoms with van der Waals surface area (Å²) in [5.74, 6) is -3.18. The van der Waals surface area contributed by atoms with Gasteiger partial charge in [-0.1, -0.05) is 79.0 Å². The molecule has 4 atom stereocenters. The molecule has 1 aromatic carbocycles. The number of benzene rings is 1. The molecule has 15 heteroatoms. The van der Waals surface area contributed by atoms with Crippen LogP contribution < -0.4 is 10.7 Å². The van der Waals surface area contributed by atoms with Gasteiger partial charge in [0.25, 0.3) is 5.91 Å². The average molecular weight is 770 g/mol. The SMILES string of the molecule is COC[C@H](NC(=O)[C@@H](CC(=O)C(C)(C)/C=C/c1ccc2ccc([C@@H](C)OC(C)=O)nc2c1)C(C)C)C(=O)N1CCC[C@@H](C(=O)OCC(Cl)(Cl)Cl)N1. The molecule has 1 aliphatic rings. The van der Waals surface area contributed by atoms with Gasteiger partial charge in [0.2, 0.25) is 9.70 Å². The van der Waals surface area contributed by atoms with Gasteiger partial charge in [-0.3, -0.25) is 29.0 Å². The highest BCUT2D eigenvalue weighted by Gasteiger charge is 2.37. The number of alkyl halides is 3. The van der Waals surface area contributed by atoms with Crippen molar-refractivity contribution in [2.24, 2.45) is 17.3 Å². The number of hydrogen-bond acceptors (Lipinski definition) is 10. The van der Waals surface area contributed by atoms with Gasteiger partial charge in [0.15, 0.2) is 0 Å². The number of allylic oxidation sites excluding steroid dienone is 1. The summed E-state index contributed by atoms with van der Waals surface area (Å²) in [4.78, 5) is 69.4. The van der Waals surface area contributed by atoms with E-state index in [4.69, 9.17) is 49.0 Å². The molecule has 51 heavy (non-hydrogen) atoms. The largest absolute Gasteiger partial charge is 0.460 e. The van der Waals surface area contributed by atoms with Crippen LogP contribution in [0.15, 0.2) is 36.4 Å². The maximum Gasteiger partial charge on any atom is 0.325 e. The second-order valence-electron chi connectivity index (χ2n) is 13.5. The molecule has 2 amide bonds. The molecule has 1 aliphatic heterocycles. The van der Waals surface area contributed by atoms with Crippen molar-refractivity contribution in [3.63, 3.8) is 0 Å². The van der Waals surface area contributed by atoms with Crippen LogP contribution in [0.3, 0.4) is 0 Å². The minimum Gasteiger partial charge on any atom is -0.460 e. The van der Waals surface area contributed by atoms with Crippen LogP contribution in [0.2, 0.25) is 0 Å². The van der Waals surface area contributed by atoms with Crippen molar-refractivity contribution in [1.82, 2.24) is 20.7 Å².